The average Bonchev–Trinajstić information content (AvgIpc) is 2.90. The van der Waals surface area contributed by atoms with Crippen LogP contribution in [-0.4, -0.2) is 18.0 Å². The Morgan fingerprint density at radius 1 is 1.45 bits per heavy atom. The summed E-state index contributed by atoms with van der Waals surface area (Å²) < 4.78 is 28.8. The highest BCUT2D eigenvalue weighted by Gasteiger charge is 2.17. The summed E-state index contributed by atoms with van der Waals surface area (Å²) in [6, 6.07) is 5.19. The molecule has 2 aromatic rings. The van der Waals surface area contributed by atoms with E-state index < -0.39 is 10.0 Å². The lowest BCUT2D eigenvalue weighted by Crippen LogP contribution is -2.22. The lowest BCUT2D eigenvalue weighted by Gasteiger charge is -2.04. The van der Waals surface area contributed by atoms with Crippen LogP contribution in [-0.2, 0) is 29.7 Å². The fourth-order valence-electron chi connectivity index (χ4n) is 1.90. The fraction of sp³-hybridized carbons (Fsp3) is 0.308. The molecule has 7 heteroatoms. The number of hydrogen-bond donors (Lipinski definition) is 2. The van der Waals surface area contributed by atoms with Gasteiger partial charge in [0.2, 0.25) is 10.0 Å². The second-order valence-electron chi connectivity index (χ2n) is 4.34. The highest BCUT2D eigenvalue weighted by Crippen LogP contribution is 2.14. The van der Waals surface area contributed by atoms with E-state index in [1.807, 2.05) is 17.6 Å². The molecule has 0 amide bonds. The molecular formula is C13H18N4O2S. The first kappa shape index (κ1) is 14.7. The molecule has 0 aromatic carbocycles. The van der Waals surface area contributed by atoms with Crippen LogP contribution in [0.2, 0.25) is 0 Å². The first-order valence-electron chi connectivity index (χ1n) is 6.34. The van der Waals surface area contributed by atoms with Gasteiger partial charge in [0.1, 0.15) is 0 Å². The minimum atomic E-state index is -3.53. The van der Waals surface area contributed by atoms with Gasteiger partial charge in [0.05, 0.1) is 4.90 Å². The molecular weight excluding hydrogens is 276 g/mol. The molecule has 3 N–H and O–H groups in total. The Balaban J connectivity index is 2.16. The van der Waals surface area contributed by atoms with Gasteiger partial charge in [-0.15, -0.1) is 0 Å². The maximum Gasteiger partial charge on any atom is 0.242 e. The highest BCUT2D eigenvalue weighted by atomic mass is 32.2. The molecule has 6 nitrogen and oxygen atoms in total. The van der Waals surface area contributed by atoms with Gasteiger partial charge in [-0.2, -0.15) is 0 Å². The SMILES string of the molecule is CCn1cc(S(=O)(=O)NCc2cccnc2)cc1CN. The second kappa shape index (κ2) is 6.17. The van der Waals surface area contributed by atoms with Crippen LogP contribution >= 0.6 is 0 Å². The van der Waals surface area contributed by atoms with E-state index in [1.54, 1.807) is 30.7 Å². The van der Waals surface area contributed by atoms with Crippen molar-refractivity contribution in [2.24, 2.45) is 5.73 Å². The van der Waals surface area contributed by atoms with Gasteiger partial charge in [-0.1, -0.05) is 6.07 Å². The molecule has 0 atom stereocenters. The van der Waals surface area contributed by atoms with E-state index in [-0.39, 0.29) is 11.4 Å². The van der Waals surface area contributed by atoms with E-state index in [0.29, 0.717) is 13.1 Å². The van der Waals surface area contributed by atoms with Crippen LogP contribution in [0.15, 0.2) is 41.7 Å². The highest BCUT2D eigenvalue weighted by molar-refractivity contribution is 7.89. The summed E-state index contributed by atoms with van der Waals surface area (Å²) in [5, 5.41) is 0. The molecule has 0 unspecified atom stereocenters. The van der Waals surface area contributed by atoms with Crippen LogP contribution in [0.3, 0.4) is 0 Å². The van der Waals surface area contributed by atoms with Gasteiger partial charge < -0.3 is 10.3 Å². The first-order chi connectivity index (χ1) is 9.56. The lowest BCUT2D eigenvalue weighted by molar-refractivity contribution is 0.581. The minimum absolute atomic E-state index is 0.214. The summed E-state index contributed by atoms with van der Waals surface area (Å²) in [6.07, 6.45) is 4.88. The van der Waals surface area contributed by atoms with Crippen molar-refractivity contribution in [2.45, 2.75) is 31.5 Å². The molecule has 0 fully saturated rings. The molecule has 0 aliphatic heterocycles. The molecule has 0 saturated heterocycles. The standard InChI is InChI=1S/C13H18N4O2S/c1-2-17-10-13(6-12(17)7-14)20(18,19)16-9-11-4-3-5-15-8-11/h3-6,8,10,16H,2,7,9,14H2,1H3. The quantitative estimate of drug-likeness (QED) is 0.826. The molecule has 0 radical (unpaired) electrons. The summed E-state index contributed by atoms with van der Waals surface area (Å²) in [5.74, 6) is 0. The number of hydrogen-bond acceptors (Lipinski definition) is 4. The third-order valence-electron chi connectivity index (χ3n) is 3.01. The largest absolute Gasteiger partial charge is 0.349 e. The second-order valence-corrected chi connectivity index (χ2v) is 6.11. The average molecular weight is 294 g/mol. The van der Waals surface area contributed by atoms with Crippen LogP contribution in [0.1, 0.15) is 18.2 Å². The Morgan fingerprint density at radius 3 is 2.80 bits per heavy atom. The Kier molecular flexibility index (Phi) is 4.53. The topological polar surface area (TPSA) is 90.0 Å². The summed E-state index contributed by atoms with van der Waals surface area (Å²) in [4.78, 5) is 4.19. The molecule has 0 saturated carbocycles. The maximum absolute atomic E-state index is 12.2. The van der Waals surface area contributed by atoms with Crippen molar-refractivity contribution in [3.05, 3.63) is 48.0 Å². The van der Waals surface area contributed by atoms with Crippen LogP contribution in [0.4, 0.5) is 0 Å². The number of nitrogens with one attached hydrogen (secondary N) is 1. The van der Waals surface area contributed by atoms with E-state index in [2.05, 4.69) is 9.71 Å². The van der Waals surface area contributed by atoms with Crippen molar-refractivity contribution < 1.29 is 8.42 Å². The van der Waals surface area contributed by atoms with Gasteiger partial charge in [0.25, 0.3) is 0 Å². The number of pyridine rings is 1. The Morgan fingerprint density at radius 2 is 2.25 bits per heavy atom. The van der Waals surface area contributed by atoms with Crippen LogP contribution < -0.4 is 10.5 Å². The monoisotopic (exact) mass is 294 g/mol. The Hall–Kier alpha value is -1.70. The molecule has 20 heavy (non-hydrogen) atoms. The summed E-state index contributed by atoms with van der Waals surface area (Å²) in [7, 11) is -3.53. The van der Waals surface area contributed by atoms with E-state index in [4.69, 9.17) is 5.73 Å². The number of aromatic nitrogens is 2. The van der Waals surface area contributed by atoms with E-state index in [9.17, 15) is 8.42 Å². The van der Waals surface area contributed by atoms with Gasteiger partial charge in [-0.05, 0) is 24.6 Å². The molecule has 2 rings (SSSR count). The van der Waals surface area contributed by atoms with Crippen molar-refractivity contribution in [1.82, 2.24) is 14.3 Å². The van der Waals surface area contributed by atoms with Gasteiger partial charge in [0.15, 0.2) is 0 Å². The molecule has 0 bridgehead atoms. The number of nitrogens with zero attached hydrogens (tertiary/aromatic N) is 2. The molecule has 108 valence electrons. The third-order valence-corrected chi connectivity index (χ3v) is 4.38. The number of rotatable bonds is 6. The Labute approximate surface area is 118 Å². The first-order valence-corrected chi connectivity index (χ1v) is 7.83. The zero-order valence-electron chi connectivity index (χ0n) is 11.3. The molecule has 0 aliphatic rings. The summed E-state index contributed by atoms with van der Waals surface area (Å²) >= 11 is 0. The molecule has 2 aromatic heterocycles. The Bertz CT molecular complexity index is 643. The minimum Gasteiger partial charge on any atom is -0.349 e. The van der Waals surface area contributed by atoms with Gasteiger partial charge in [-0.3, -0.25) is 4.98 Å². The third kappa shape index (κ3) is 3.24. The summed E-state index contributed by atoms with van der Waals surface area (Å²) in [5.41, 5.74) is 7.21. The number of aryl methyl sites for hydroxylation is 1. The van der Waals surface area contributed by atoms with Crippen LogP contribution in [0.5, 0.6) is 0 Å². The summed E-state index contributed by atoms with van der Waals surface area (Å²) in [6.45, 7) is 3.15. The zero-order valence-corrected chi connectivity index (χ0v) is 12.1. The van der Waals surface area contributed by atoms with E-state index >= 15 is 0 Å². The van der Waals surface area contributed by atoms with Crippen molar-refractivity contribution >= 4 is 10.0 Å². The van der Waals surface area contributed by atoms with Gasteiger partial charge in [-0.25, -0.2) is 13.1 Å². The number of sulfonamides is 1. The van der Waals surface area contributed by atoms with Crippen LogP contribution in [0, 0.1) is 0 Å². The van der Waals surface area contributed by atoms with Crippen molar-refractivity contribution in [3.63, 3.8) is 0 Å². The zero-order chi connectivity index (χ0) is 14.6. The van der Waals surface area contributed by atoms with E-state index in [0.717, 1.165) is 11.3 Å². The molecule has 0 spiro atoms. The lowest BCUT2D eigenvalue weighted by atomic mass is 10.3. The predicted molar refractivity (Wildman–Crippen MR) is 76.3 cm³/mol. The smallest absolute Gasteiger partial charge is 0.242 e. The van der Waals surface area contributed by atoms with Gasteiger partial charge >= 0.3 is 0 Å². The molecule has 0 aliphatic carbocycles. The molecule has 2 heterocycles. The van der Waals surface area contributed by atoms with Crippen molar-refractivity contribution in [3.8, 4) is 0 Å². The number of nitrogens with two attached hydrogens (primary N) is 1. The normalized spacial score (nSPS) is 11.7. The predicted octanol–water partition coefficient (Wildman–Crippen LogP) is 0.840. The fourth-order valence-corrected chi connectivity index (χ4v) is 2.98. The van der Waals surface area contributed by atoms with Gasteiger partial charge in [0, 0.05) is 43.9 Å². The van der Waals surface area contributed by atoms with Crippen molar-refractivity contribution in [2.75, 3.05) is 0 Å². The maximum atomic E-state index is 12.2. The van der Waals surface area contributed by atoms with E-state index in [1.165, 1.54) is 0 Å². The van der Waals surface area contributed by atoms with Crippen molar-refractivity contribution in [1.29, 1.82) is 0 Å². The van der Waals surface area contributed by atoms with Crippen LogP contribution in [0.25, 0.3) is 0 Å².